The molecule has 6 aromatic rings. The molecular weight excluding hydrogens is 841 g/mol. The minimum atomic E-state index is -0.125. The Balaban J connectivity index is 0.000000204. The summed E-state index contributed by atoms with van der Waals surface area (Å²) in [5, 5.41) is 9.53. The molecule has 0 unspecified atom stereocenters. The molecule has 0 amide bonds. The van der Waals surface area contributed by atoms with E-state index in [0.29, 0.717) is 21.9 Å². The molecule has 1 aliphatic rings. The largest absolute Gasteiger partial charge is 0.512 e. The molecule has 0 saturated heterocycles. The predicted molar refractivity (Wildman–Crippen MR) is 210 cm³/mol. The van der Waals surface area contributed by atoms with Crippen LogP contribution in [-0.4, -0.2) is 20.9 Å². The smallest absolute Gasteiger partial charge is 0.182 e. The van der Waals surface area contributed by atoms with Gasteiger partial charge >= 0.3 is 0 Å². The summed E-state index contributed by atoms with van der Waals surface area (Å²) in [6.07, 6.45) is 9.43. The zero-order valence-corrected chi connectivity index (χ0v) is 33.4. The fourth-order valence-corrected chi connectivity index (χ4v) is 5.59. The average molecular weight is 884 g/mol. The molecular formula is C45H43IrN2O5-. The zero-order chi connectivity index (χ0) is 37.6. The SMILES string of the molecule is C=CC1=CCc2cc(-c3cc(C)ccn3)ccc2O1.CC(=O)C=C(C)O.Cc1ccnc(-c2[c-]cc3oc4ccc(C(C)(C)C)cc4c(=O)c3c2)c1.[Ir]. The Labute approximate surface area is 324 Å². The summed E-state index contributed by atoms with van der Waals surface area (Å²) < 4.78 is 11.7. The topological polar surface area (TPSA) is 103 Å². The molecule has 3 aromatic heterocycles. The molecule has 0 fully saturated rings. The van der Waals surface area contributed by atoms with Gasteiger partial charge in [0, 0.05) is 44.1 Å². The van der Waals surface area contributed by atoms with Crippen LogP contribution in [0.2, 0.25) is 0 Å². The number of carbonyl (C=O) groups is 1. The Morgan fingerprint density at radius 1 is 0.887 bits per heavy atom. The minimum absolute atomic E-state index is 0. The molecule has 0 aliphatic carbocycles. The first-order valence-electron chi connectivity index (χ1n) is 17.0. The van der Waals surface area contributed by atoms with Crippen LogP contribution >= 0.6 is 0 Å². The molecule has 53 heavy (non-hydrogen) atoms. The van der Waals surface area contributed by atoms with Gasteiger partial charge in [0.2, 0.25) is 0 Å². The van der Waals surface area contributed by atoms with Crippen LogP contribution in [0, 0.1) is 19.9 Å². The Morgan fingerprint density at radius 2 is 1.55 bits per heavy atom. The summed E-state index contributed by atoms with van der Waals surface area (Å²) in [6.45, 7) is 17.1. The van der Waals surface area contributed by atoms with E-state index in [1.165, 1.54) is 31.1 Å². The van der Waals surface area contributed by atoms with Crippen molar-refractivity contribution in [1.82, 2.24) is 9.97 Å². The van der Waals surface area contributed by atoms with Gasteiger partial charge in [0.25, 0.3) is 0 Å². The van der Waals surface area contributed by atoms with Crippen molar-refractivity contribution in [2.75, 3.05) is 0 Å². The van der Waals surface area contributed by atoms with Crippen LogP contribution < -0.4 is 10.2 Å². The van der Waals surface area contributed by atoms with Crippen LogP contribution in [0.15, 0.2) is 131 Å². The average Bonchev–Trinajstić information content (AvgIpc) is 3.10. The van der Waals surface area contributed by atoms with Crippen molar-refractivity contribution in [2.24, 2.45) is 0 Å². The first-order chi connectivity index (χ1) is 24.7. The van der Waals surface area contributed by atoms with E-state index in [2.05, 4.69) is 62.4 Å². The standard InChI is InChI=1S/C23H20NO2.C17H15NO.C5H8O2.Ir/c1-14-9-10-24-19(11-14)15-5-7-20-17(12-15)22(25)18-13-16(23(2,3)4)6-8-21(18)26-20;1-3-15-6-4-14-11-13(5-7-17(14)19-15)16-10-12(2)8-9-18-16;1-4(6)3-5(2)7;/h6-13H,1-4H3;3,5-11H,1,4H2,2H3;3,6H,1-2H3;/q-1;;;. The molecule has 1 radical (unpaired) electrons. The summed E-state index contributed by atoms with van der Waals surface area (Å²) in [7, 11) is 0. The molecule has 0 spiro atoms. The number of fused-ring (bicyclic) bond motifs is 3. The second-order valence-electron chi connectivity index (χ2n) is 13.8. The molecule has 4 heterocycles. The van der Waals surface area contributed by atoms with Gasteiger partial charge in [0.1, 0.15) is 17.1 Å². The molecule has 3 aromatic carbocycles. The van der Waals surface area contributed by atoms with Crippen molar-refractivity contribution in [3.05, 3.63) is 160 Å². The molecule has 0 bridgehead atoms. The van der Waals surface area contributed by atoms with Crippen LogP contribution in [0.4, 0.5) is 0 Å². The number of ketones is 1. The van der Waals surface area contributed by atoms with Crippen LogP contribution in [0.1, 0.15) is 56.9 Å². The van der Waals surface area contributed by atoms with Gasteiger partial charge in [0.05, 0.1) is 22.4 Å². The number of aliphatic hydroxyl groups is 1. The summed E-state index contributed by atoms with van der Waals surface area (Å²) in [4.78, 5) is 31.9. The van der Waals surface area contributed by atoms with Crippen LogP contribution in [0.25, 0.3) is 44.5 Å². The first-order valence-corrected chi connectivity index (χ1v) is 17.0. The van der Waals surface area contributed by atoms with Crippen LogP contribution in [0.5, 0.6) is 5.75 Å². The van der Waals surface area contributed by atoms with E-state index in [-0.39, 0.29) is 42.5 Å². The maximum Gasteiger partial charge on any atom is 0.182 e. The predicted octanol–water partition coefficient (Wildman–Crippen LogP) is 10.5. The monoisotopic (exact) mass is 884 g/mol. The summed E-state index contributed by atoms with van der Waals surface area (Å²) in [5.74, 6) is 1.68. The molecule has 0 atom stereocenters. The summed E-state index contributed by atoms with van der Waals surface area (Å²) >= 11 is 0. The number of hydrogen-bond donors (Lipinski definition) is 1. The summed E-state index contributed by atoms with van der Waals surface area (Å²) in [5.41, 5.74) is 9.44. The second kappa shape index (κ2) is 17.4. The normalized spacial score (nSPS) is 12.1. The van der Waals surface area contributed by atoms with E-state index >= 15 is 0 Å². The number of pyridine rings is 2. The van der Waals surface area contributed by atoms with E-state index < -0.39 is 0 Å². The van der Waals surface area contributed by atoms with Crippen LogP contribution in [-0.2, 0) is 36.7 Å². The van der Waals surface area contributed by atoms with E-state index in [1.807, 2.05) is 73.8 Å². The van der Waals surface area contributed by atoms with Gasteiger partial charge in [0.15, 0.2) is 11.2 Å². The number of allylic oxidation sites excluding steroid dienone is 4. The van der Waals surface area contributed by atoms with Crippen molar-refractivity contribution in [1.29, 1.82) is 0 Å². The minimum Gasteiger partial charge on any atom is -0.512 e. The van der Waals surface area contributed by atoms with Crippen LogP contribution in [0.3, 0.4) is 0 Å². The Morgan fingerprint density at radius 3 is 2.15 bits per heavy atom. The molecule has 1 aliphatic heterocycles. The van der Waals surface area contributed by atoms with Gasteiger partial charge in [-0.25, -0.2) is 0 Å². The maximum absolute atomic E-state index is 13.1. The van der Waals surface area contributed by atoms with Gasteiger partial charge in [-0.1, -0.05) is 45.0 Å². The Bertz CT molecular complexity index is 2410. The quantitative estimate of drug-likeness (QED) is 0.0814. The number of benzene rings is 3. The molecule has 273 valence electrons. The number of aryl methyl sites for hydroxylation is 2. The first kappa shape index (κ1) is 40.3. The number of aromatic nitrogens is 2. The zero-order valence-electron chi connectivity index (χ0n) is 31.0. The number of nitrogens with zero attached hydrogens (tertiary/aromatic N) is 2. The third-order valence-corrected chi connectivity index (χ3v) is 8.30. The fourth-order valence-electron chi connectivity index (χ4n) is 5.59. The second-order valence-corrected chi connectivity index (χ2v) is 13.8. The molecule has 1 N–H and O–H groups in total. The van der Waals surface area contributed by atoms with Gasteiger partial charge in [-0.2, -0.15) is 0 Å². The van der Waals surface area contributed by atoms with Crippen molar-refractivity contribution < 1.29 is 39.2 Å². The van der Waals surface area contributed by atoms with Gasteiger partial charge in [-0.3, -0.25) is 14.6 Å². The maximum atomic E-state index is 13.1. The number of rotatable bonds is 4. The van der Waals surface area contributed by atoms with Gasteiger partial charge in [-0.15, -0.1) is 23.8 Å². The third kappa shape index (κ3) is 10.3. The fraction of sp³-hybridized carbons (Fsp3) is 0.200. The van der Waals surface area contributed by atoms with Gasteiger partial charge in [-0.05, 0) is 128 Å². The molecule has 7 rings (SSSR count). The summed E-state index contributed by atoms with van der Waals surface area (Å²) in [6, 6.07) is 26.8. The molecule has 7 nitrogen and oxygen atoms in total. The van der Waals surface area contributed by atoms with Crippen molar-refractivity contribution in [2.45, 2.75) is 60.3 Å². The van der Waals surface area contributed by atoms with Crippen molar-refractivity contribution in [3.8, 4) is 28.3 Å². The number of ether oxygens (including phenoxy) is 1. The third-order valence-electron chi connectivity index (χ3n) is 8.30. The number of carbonyl (C=O) groups excluding carboxylic acids is 1. The van der Waals surface area contributed by atoms with Crippen molar-refractivity contribution >= 4 is 27.7 Å². The molecule has 0 saturated carbocycles. The molecule has 8 heteroatoms. The van der Waals surface area contributed by atoms with E-state index in [4.69, 9.17) is 14.3 Å². The van der Waals surface area contributed by atoms with Crippen molar-refractivity contribution in [3.63, 3.8) is 0 Å². The van der Waals surface area contributed by atoms with E-state index in [1.54, 1.807) is 18.3 Å². The number of hydrogen-bond acceptors (Lipinski definition) is 7. The number of aliphatic hydroxyl groups excluding tert-OH is 1. The van der Waals surface area contributed by atoms with Gasteiger partial charge < -0.3 is 19.2 Å². The Kier molecular flexibility index (Phi) is 13.2. The van der Waals surface area contributed by atoms with E-state index in [9.17, 15) is 9.59 Å². The Hall–Kier alpha value is -5.43. The van der Waals surface area contributed by atoms with E-state index in [0.717, 1.165) is 51.6 Å².